The molecule has 1 N–H and O–H groups in total. The molecule has 6 heteroatoms. The number of benzene rings is 1. The van der Waals surface area contributed by atoms with Crippen LogP contribution in [-0.4, -0.2) is 23.3 Å². The van der Waals surface area contributed by atoms with Gasteiger partial charge in [0.25, 0.3) is 5.91 Å². The van der Waals surface area contributed by atoms with E-state index in [1.807, 2.05) is 25.1 Å². The molecule has 0 radical (unpaired) electrons. The molecule has 1 aromatic carbocycles. The molecule has 5 nitrogen and oxygen atoms in total. The molecule has 1 aliphatic rings. The molecule has 1 aliphatic heterocycles. The van der Waals surface area contributed by atoms with Gasteiger partial charge in [-0.05, 0) is 52.7 Å². The molecular weight excluding hydrogens is 346 g/mol. The number of fused-ring (bicyclic) bond motifs is 1. The van der Waals surface area contributed by atoms with Crippen molar-refractivity contribution in [2.75, 3.05) is 16.8 Å². The van der Waals surface area contributed by atoms with Gasteiger partial charge in [-0.3, -0.25) is 14.6 Å². The Morgan fingerprint density at radius 1 is 1.36 bits per heavy atom. The fourth-order valence-electron chi connectivity index (χ4n) is 2.55. The summed E-state index contributed by atoms with van der Waals surface area (Å²) >= 11 is 3.29. The normalized spacial score (nSPS) is 13.2. The summed E-state index contributed by atoms with van der Waals surface area (Å²) in [7, 11) is 0. The lowest BCUT2D eigenvalue weighted by molar-refractivity contribution is -0.117. The van der Waals surface area contributed by atoms with Crippen molar-refractivity contribution in [2.24, 2.45) is 0 Å². The van der Waals surface area contributed by atoms with Gasteiger partial charge in [0.2, 0.25) is 5.91 Å². The Balaban J connectivity index is 1.82. The third kappa shape index (κ3) is 2.74. The van der Waals surface area contributed by atoms with Crippen molar-refractivity contribution < 1.29 is 9.59 Å². The number of rotatable bonds is 3. The summed E-state index contributed by atoms with van der Waals surface area (Å²) in [6, 6.07) is 7.24. The predicted octanol–water partition coefficient (Wildman–Crippen LogP) is 3.01. The van der Waals surface area contributed by atoms with E-state index < -0.39 is 0 Å². The third-order valence-electron chi connectivity index (χ3n) is 3.55. The Hall–Kier alpha value is -2.21. The van der Waals surface area contributed by atoms with Gasteiger partial charge >= 0.3 is 0 Å². The van der Waals surface area contributed by atoms with Crippen LogP contribution in [0.2, 0.25) is 0 Å². The molecule has 2 aromatic rings. The van der Waals surface area contributed by atoms with Crippen LogP contribution < -0.4 is 10.2 Å². The fraction of sp³-hybridized carbons (Fsp3) is 0.188. The Morgan fingerprint density at radius 3 is 2.91 bits per heavy atom. The molecule has 0 saturated heterocycles. The molecule has 0 atom stereocenters. The van der Waals surface area contributed by atoms with E-state index in [9.17, 15) is 9.59 Å². The molecule has 2 amide bonds. The molecular formula is C16H14BrN3O2. The molecule has 0 aliphatic carbocycles. The van der Waals surface area contributed by atoms with Crippen LogP contribution in [0.3, 0.4) is 0 Å². The number of nitrogens with one attached hydrogen (secondary N) is 1. The molecule has 3 rings (SSSR count). The van der Waals surface area contributed by atoms with E-state index >= 15 is 0 Å². The number of halogens is 1. The van der Waals surface area contributed by atoms with Crippen LogP contribution in [0.4, 0.5) is 11.4 Å². The second-order valence-electron chi connectivity index (χ2n) is 5.00. The van der Waals surface area contributed by atoms with Crippen molar-refractivity contribution >= 4 is 39.1 Å². The monoisotopic (exact) mass is 359 g/mol. The van der Waals surface area contributed by atoms with E-state index in [0.717, 1.165) is 15.7 Å². The number of carbonyl (C=O) groups is 2. The zero-order valence-electron chi connectivity index (χ0n) is 12.0. The van der Waals surface area contributed by atoms with Gasteiger partial charge in [0.1, 0.15) is 0 Å². The lowest BCUT2D eigenvalue weighted by Crippen LogP contribution is -2.25. The fourth-order valence-corrected chi connectivity index (χ4v) is 2.91. The number of hydrogen-bond donors (Lipinski definition) is 1. The van der Waals surface area contributed by atoms with Crippen LogP contribution in [0.1, 0.15) is 22.8 Å². The van der Waals surface area contributed by atoms with Crippen molar-refractivity contribution in [3.8, 4) is 0 Å². The van der Waals surface area contributed by atoms with Gasteiger partial charge in [-0.2, -0.15) is 0 Å². The number of hydrogen-bond acceptors (Lipinski definition) is 3. The standard InChI is InChI=1S/C16H14BrN3O2/c1-2-20-14-4-3-13(6-10(14)7-15(20)21)19-16(22)11-5-12(17)9-18-8-11/h3-6,8-9H,2,7H2,1H3,(H,19,22). The molecule has 112 valence electrons. The first-order chi connectivity index (χ1) is 10.6. The second kappa shape index (κ2) is 5.88. The van der Waals surface area contributed by atoms with Gasteiger partial charge in [0, 0.05) is 34.8 Å². The first kappa shape index (κ1) is 14.7. The average molecular weight is 360 g/mol. The van der Waals surface area contributed by atoms with Crippen molar-refractivity contribution in [3.05, 3.63) is 52.3 Å². The van der Waals surface area contributed by atoms with Crippen LogP contribution in [0.15, 0.2) is 41.1 Å². The minimum atomic E-state index is -0.231. The molecule has 0 spiro atoms. The highest BCUT2D eigenvalue weighted by atomic mass is 79.9. The summed E-state index contributed by atoms with van der Waals surface area (Å²) in [6.45, 7) is 2.60. The lowest BCUT2D eigenvalue weighted by Gasteiger charge is -2.15. The van der Waals surface area contributed by atoms with Crippen molar-refractivity contribution in [3.63, 3.8) is 0 Å². The number of amides is 2. The molecule has 0 unspecified atom stereocenters. The van der Waals surface area contributed by atoms with E-state index in [-0.39, 0.29) is 11.8 Å². The highest BCUT2D eigenvalue weighted by Crippen LogP contribution is 2.31. The Bertz CT molecular complexity index is 761. The number of aromatic nitrogens is 1. The summed E-state index contributed by atoms with van der Waals surface area (Å²) in [6.07, 6.45) is 3.51. The molecule has 0 bridgehead atoms. The maximum absolute atomic E-state index is 12.2. The Kier molecular flexibility index (Phi) is 3.94. The second-order valence-corrected chi connectivity index (χ2v) is 5.92. The van der Waals surface area contributed by atoms with Crippen molar-refractivity contribution in [2.45, 2.75) is 13.3 Å². The van der Waals surface area contributed by atoms with Gasteiger partial charge in [-0.1, -0.05) is 0 Å². The summed E-state index contributed by atoms with van der Waals surface area (Å²) in [5.74, 6) is -0.136. The number of anilines is 2. The van der Waals surface area contributed by atoms with Gasteiger partial charge in [0.05, 0.1) is 12.0 Å². The van der Waals surface area contributed by atoms with Crippen LogP contribution in [0.25, 0.3) is 0 Å². The quantitative estimate of drug-likeness (QED) is 0.915. The van der Waals surface area contributed by atoms with Gasteiger partial charge in [-0.15, -0.1) is 0 Å². The van der Waals surface area contributed by atoms with E-state index in [2.05, 4.69) is 26.2 Å². The summed E-state index contributed by atoms with van der Waals surface area (Å²) in [5, 5.41) is 2.83. The molecule has 0 fully saturated rings. The summed E-state index contributed by atoms with van der Waals surface area (Å²) in [5.41, 5.74) is 3.02. The lowest BCUT2D eigenvalue weighted by atomic mass is 10.1. The molecule has 1 aromatic heterocycles. The largest absolute Gasteiger partial charge is 0.322 e. The molecule has 0 saturated carbocycles. The van der Waals surface area contributed by atoms with Crippen LogP contribution >= 0.6 is 15.9 Å². The predicted molar refractivity (Wildman–Crippen MR) is 88.1 cm³/mol. The van der Waals surface area contributed by atoms with Crippen LogP contribution in [0, 0.1) is 0 Å². The maximum Gasteiger partial charge on any atom is 0.257 e. The van der Waals surface area contributed by atoms with Gasteiger partial charge in [0.15, 0.2) is 0 Å². The van der Waals surface area contributed by atoms with Crippen LogP contribution in [0.5, 0.6) is 0 Å². The molecule has 22 heavy (non-hydrogen) atoms. The number of nitrogens with zero attached hydrogens (tertiary/aromatic N) is 2. The first-order valence-corrected chi connectivity index (χ1v) is 7.73. The third-order valence-corrected chi connectivity index (χ3v) is 3.99. The van der Waals surface area contributed by atoms with E-state index in [1.54, 1.807) is 17.2 Å². The van der Waals surface area contributed by atoms with Crippen molar-refractivity contribution in [1.82, 2.24) is 4.98 Å². The number of likely N-dealkylation sites (N-methyl/N-ethyl adjacent to an activating group) is 1. The van der Waals surface area contributed by atoms with E-state index in [0.29, 0.717) is 24.2 Å². The van der Waals surface area contributed by atoms with Crippen LogP contribution in [-0.2, 0) is 11.2 Å². The SMILES string of the molecule is CCN1C(=O)Cc2cc(NC(=O)c3cncc(Br)c3)ccc21. The van der Waals surface area contributed by atoms with Gasteiger partial charge < -0.3 is 10.2 Å². The maximum atomic E-state index is 12.2. The number of pyridine rings is 1. The molecule has 2 heterocycles. The number of carbonyl (C=O) groups excluding carboxylic acids is 2. The highest BCUT2D eigenvalue weighted by Gasteiger charge is 2.26. The van der Waals surface area contributed by atoms with E-state index in [1.165, 1.54) is 6.20 Å². The zero-order chi connectivity index (χ0) is 15.7. The smallest absolute Gasteiger partial charge is 0.257 e. The highest BCUT2D eigenvalue weighted by molar-refractivity contribution is 9.10. The Labute approximate surface area is 136 Å². The summed E-state index contributed by atoms with van der Waals surface area (Å²) in [4.78, 5) is 29.8. The minimum Gasteiger partial charge on any atom is -0.322 e. The average Bonchev–Trinajstić information content (AvgIpc) is 2.81. The van der Waals surface area contributed by atoms with E-state index in [4.69, 9.17) is 0 Å². The summed E-state index contributed by atoms with van der Waals surface area (Å²) < 4.78 is 0.748. The zero-order valence-corrected chi connectivity index (χ0v) is 13.6. The first-order valence-electron chi connectivity index (χ1n) is 6.93. The Morgan fingerprint density at radius 2 is 2.18 bits per heavy atom. The van der Waals surface area contributed by atoms with Crippen molar-refractivity contribution in [1.29, 1.82) is 0 Å². The van der Waals surface area contributed by atoms with Gasteiger partial charge in [-0.25, -0.2) is 0 Å². The topological polar surface area (TPSA) is 62.3 Å². The minimum absolute atomic E-state index is 0.0946.